The van der Waals surface area contributed by atoms with Crippen LogP contribution in [0.4, 0.5) is 0 Å². The summed E-state index contributed by atoms with van der Waals surface area (Å²) in [6.07, 6.45) is 2.12. The third-order valence-corrected chi connectivity index (χ3v) is 1.50. The maximum absolute atomic E-state index is 10.6. The third-order valence-electron chi connectivity index (χ3n) is 1.50. The number of amides is 2. The van der Waals surface area contributed by atoms with E-state index in [-0.39, 0.29) is 12.2 Å². The fourth-order valence-corrected chi connectivity index (χ4v) is 0.869. The van der Waals surface area contributed by atoms with Crippen LogP contribution in [0.5, 0.6) is 0 Å². The van der Waals surface area contributed by atoms with Gasteiger partial charge in [0.15, 0.2) is 5.82 Å². The monoisotopic (exact) mass is 182 g/mol. The molecule has 0 radical (unpaired) electrons. The number of carbonyl (C=O) groups is 2. The lowest BCUT2D eigenvalue weighted by atomic mass is 10.2. The standard InChI is InChI=1S/C7H10N4O2/c8-5(12)2-1-4-3-10-7(11-4)6(9)13/h3H,1-2H2,(H2,8,12)(H2,9,13)(H,10,11). The largest absolute Gasteiger partial charge is 0.370 e. The summed E-state index contributed by atoms with van der Waals surface area (Å²) in [6.45, 7) is 0. The number of aromatic amines is 1. The number of primary amides is 2. The van der Waals surface area contributed by atoms with E-state index in [9.17, 15) is 9.59 Å². The fraction of sp³-hybridized carbons (Fsp3) is 0.286. The highest BCUT2D eigenvalue weighted by Gasteiger charge is 2.05. The summed E-state index contributed by atoms with van der Waals surface area (Å²) in [5, 5.41) is 0. The van der Waals surface area contributed by atoms with Crippen LogP contribution in [0, 0.1) is 0 Å². The molecule has 5 N–H and O–H groups in total. The van der Waals surface area contributed by atoms with Gasteiger partial charge in [-0.15, -0.1) is 0 Å². The third kappa shape index (κ3) is 2.58. The number of nitrogens with one attached hydrogen (secondary N) is 1. The SMILES string of the molecule is NC(=O)CCc1cnc(C(N)=O)[nH]1. The van der Waals surface area contributed by atoms with E-state index in [1.54, 1.807) is 0 Å². The fourth-order valence-electron chi connectivity index (χ4n) is 0.869. The van der Waals surface area contributed by atoms with Gasteiger partial charge in [-0.25, -0.2) is 4.98 Å². The molecule has 1 heterocycles. The normalized spacial score (nSPS) is 9.85. The first-order valence-electron chi connectivity index (χ1n) is 3.71. The van der Waals surface area contributed by atoms with Crippen LogP contribution in [0.25, 0.3) is 0 Å². The molecule has 0 atom stereocenters. The number of hydrogen-bond donors (Lipinski definition) is 3. The van der Waals surface area contributed by atoms with Crippen molar-refractivity contribution in [3.63, 3.8) is 0 Å². The van der Waals surface area contributed by atoms with Gasteiger partial charge in [0.1, 0.15) is 0 Å². The Morgan fingerprint density at radius 2 is 2.15 bits per heavy atom. The van der Waals surface area contributed by atoms with Crippen LogP contribution in [0.15, 0.2) is 6.20 Å². The molecule has 0 aliphatic rings. The molecule has 0 aliphatic carbocycles. The van der Waals surface area contributed by atoms with Crippen LogP contribution in [-0.4, -0.2) is 21.8 Å². The number of carbonyl (C=O) groups excluding carboxylic acids is 2. The first kappa shape index (κ1) is 9.24. The second kappa shape index (κ2) is 3.70. The number of rotatable bonds is 4. The molecular weight excluding hydrogens is 172 g/mol. The van der Waals surface area contributed by atoms with E-state index >= 15 is 0 Å². The second-order valence-corrected chi connectivity index (χ2v) is 2.59. The number of imidazole rings is 1. The van der Waals surface area contributed by atoms with Gasteiger partial charge in [-0.2, -0.15) is 0 Å². The topological polar surface area (TPSA) is 115 Å². The number of aromatic nitrogens is 2. The van der Waals surface area contributed by atoms with Gasteiger partial charge < -0.3 is 16.5 Å². The lowest BCUT2D eigenvalue weighted by molar-refractivity contribution is -0.118. The van der Waals surface area contributed by atoms with E-state index in [0.29, 0.717) is 12.1 Å². The quantitative estimate of drug-likeness (QED) is 0.550. The Kier molecular flexibility index (Phi) is 2.63. The minimum atomic E-state index is -0.620. The molecule has 0 saturated carbocycles. The molecule has 1 rings (SSSR count). The Bertz CT molecular complexity index is 331. The first-order valence-corrected chi connectivity index (χ1v) is 3.71. The van der Waals surface area contributed by atoms with Gasteiger partial charge >= 0.3 is 0 Å². The zero-order chi connectivity index (χ0) is 9.84. The molecule has 0 spiro atoms. The van der Waals surface area contributed by atoms with Gasteiger partial charge in [0.2, 0.25) is 5.91 Å². The predicted octanol–water partition coefficient (Wildman–Crippen LogP) is -1.07. The summed E-state index contributed by atoms with van der Waals surface area (Å²) in [7, 11) is 0. The van der Waals surface area contributed by atoms with Gasteiger partial charge in [-0.1, -0.05) is 0 Å². The molecule has 13 heavy (non-hydrogen) atoms. The summed E-state index contributed by atoms with van der Waals surface area (Å²) < 4.78 is 0. The number of aryl methyl sites for hydroxylation is 1. The van der Waals surface area contributed by atoms with Crippen molar-refractivity contribution in [1.29, 1.82) is 0 Å². The van der Waals surface area contributed by atoms with Crippen molar-refractivity contribution < 1.29 is 9.59 Å². The van der Waals surface area contributed by atoms with Crippen LogP contribution < -0.4 is 11.5 Å². The summed E-state index contributed by atoms with van der Waals surface area (Å²) >= 11 is 0. The second-order valence-electron chi connectivity index (χ2n) is 2.59. The van der Waals surface area contributed by atoms with Crippen LogP contribution in [-0.2, 0) is 11.2 Å². The van der Waals surface area contributed by atoms with Crippen molar-refractivity contribution in [3.8, 4) is 0 Å². The molecule has 0 aliphatic heterocycles. The Labute approximate surface area is 74.3 Å². The van der Waals surface area contributed by atoms with E-state index in [4.69, 9.17) is 11.5 Å². The van der Waals surface area contributed by atoms with Crippen molar-refractivity contribution in [3.05, 3.63) is 17.7 Å². The van der Waals surface area contributed by atoms with E-state index in [1.807, 2.05) is 0 Å². The van der Waals surface area contributed by atoms with Crippen molar-refractivity contribution in [2.24, 2.45) is 11.5 Å². The highest BCUT2D eigenvalue weighted by atomic mass is 16.1. The van der Waals surface area contributed by atoms with Gasteiger partial charge in [-0.3, -0.25) is 9.59 Å². The minimum Gasteiger partial charge on any atom is -0.370 e. The predicted molar refractivity (Wildman–Crippen MR) is 44.6 cm³/mol. The molecular formula is C7H10N4O2. The van der Waals surface area contributed by atoms with Gasteiger partial charge in [-0.05, 0) is 6.42 Å². The van der Waals surface area contributed by atoms with Crippen molar-refractivity contribution in [2.45, 2.75) is 12.8 Å². The van der Waals surface area contributed by atoms with Gasteiger partial charge in [0, 0.05) is 18.3 Å². The maximum atomic E-state index is 10.6. The van der Waals surface area contributed by atoms with Gasteiger partial charge in [0.25, 0.3) is 5.91 Å². The van der Waals surface area contributed by atoms with E-state index < -0.39 is 11.8 Å². The molecule has 1 aromatic heterocycles. The average Bonchev–Trinajstić information content (AvgIpc) is 2.48. The first-order chi connectivity index (χ1) is 6.09. The van der Waals surface area contributed by atoms with Crippen molar-refractivity contribution >= 4 is 11.8 Å². The number of H-pyrrole nitrogens is 1. The summed E-state index contributed by atoms with van der Waals surface area (Å²) in [4.78, 5) is 27.4. The number of hydrogen-bond acceptors (Lipinski definition) is 3. The molecule has 0 bridgehead atoms. The zero-order valence-corrected chi connectivity index (χ0v) is 6.91. The summed E-state index contributed by atoms with van der Waals surface area (Å²) in [5.74, 6) is -0.917. The highest BCUT2D eigenvalue weighted by Crippen LogP contribution is 1.99. The smallest absolute Gasteiger partial charge is 0.284 e. The van der Waals surface area contributed by atoms with Gasteiger partial charge in [0.05, 0.1) is 0 Å². The number of nitrogens with zero attached hydrogens (tertiary/aromatic N) is 1. The Balaban J connectivity index is 2.59. The highest BCUT2D eigenvalue weighted by molar-refractivity contribution is 5.88. The minimum absolute atomic E-state index is 0.0967. The molecule has 0 saturated heterocycles. The summed E-state index contributed by atoms with van der Waals surface area (Å²) in [6, 6.07) is 0. The molecule has 0 fully saturated rings. The molecule has 1 aromatic rings. The molecule has 0 unspecified atom stereocenters. The van der Waals surface area contributed by atoms with E-state index in [2.05, 4.69) is 9.97 Å². The maximum Gasteiger partial charge on any atom is 0.284 e. The number of nitrogens with two attached hydrogens (primary N) is 2. The zero-order valence-electron chi connectivity index (χ0n) is 6.91. The van der Waals surface area contributed by atoms with Crippen LogP contribution >= 0.6 is 0 Å². The van der Waals surface area contributed by atoms with Crippen molar-refractivity contribution in [1.82, 2.24) is 9.97 Å². The Morgan fingerprint density at radius 1 is 1.46 bits per heavy atom. The summed E-state index contributed by atoms with van der Waals surface area (Å²) in [5.41, 5.74) is 10.6. The van der Waals surface area contributed by atoms with Crippen LogP contribution in [0.2, 0.25) is 0 Å². The molecule has 0 aromatic carbocycles. The average molecular weight is 182 g/mol. The molecule has 2 amide bonds. The Morgan fingerprint density at radius 3 is 2.62 bits per heavy atom. The molecule has 70 valence electrons. The molecule has 6 nitrogen and oxygen atoms in total. The molecule has 6 heteroatoms. The van der Waals surface area contributed by atoms with E-state index in [1.165, 1.54) is 6.20 Å². The lowest BCUT2D eigenvalue weighted by Crippen LogP contribution is -2.13. The van der Waals surface area contributed by atoms with Crippen molar-refractivity contribution in [2.75, 3.05) is 0 Å². The van der Waals surface area contributed by atoms with Crippen LogP contribution in [0.1, 0.15) is 22.7 Å². The lowest BCUT2D eigenvalue weighted by Gasteiger charge is -1.92. The van der Waals surface area contributed by atoms with E-state index in [0.717, 1.165) is 0 Å². The van der Waals surface area contributed by atoms with Crippen LogP contribution in [0.3, 0.4) is 0 Å². The Hall–Kier alpha value is -1.85.